The van der Waals surface area contributed by atoms with Crippen LogP contribution >= 0.6 is 23.2 Å². The van der Waals surface area contributed by atoms with Gasteiger partial charge in [-0.25, -0.2) is 9.59 Å². The number of cyclic esters (lactones) is 2. The second-order valence-corrected chi connectivity index (χ2v) is 5.00. The minimum absolute atomic E-state index is 0.138. The minimum atomic E-state index is -0.681. The van der Waals surface area contributed by atoms with E-state index in [0.717, 1.165) is 0 Å². The summed E-state index contributed by atoms with van der Waals surface area (Å²) in [6, 6.07) is 12.6. The van der Waals surface area contributed by atoms with Crippen molar-refractivity contribution in [2.75, 3.05) is 0 Å². The molecule has 0 N–H and O–H groups in total. The van der Waals surface area contributed by atoms with Crippen molar-refractivity contribution in [1.82, 2.24) is 0 Å². The number of fused-ring (bicyclic) bond motifs is 1. The molecule has 0 fully saturated rings. The van der Waals surface area contributed by atoms with Crippen LogP contribution in [0.3, 0.4) is 0 Å². The van der Waals surface area contributed by atoms with Gasteiger partial charge in [0.2, 0.25) is 0 Å². The normalized spacial score (nSPS) is 10.6. The first-order valence-electron chi connectivity index (χ1n) is 8.26. The lowest BCUT2D eigenvalue weighted by atomic mass is 10.1. The fourth-order valence-corrected chi connectivity index (χ4v) is 2.19. The van der Waals surface area contributed by atoms with Crippen molar-refractivity contribution in [3.63, 3.8) is 0 Å². The van der Waals surface area contributed by atoms with E-state index in [1.54, 1.807) is 36.4 Å². The summed E-state index contributed by atoms with van der Waals surface area (Å²) in [5.41, 5.74) is 0.994. The molecule has 1 aliphatic heterocycles. The molecular formula is C20H20Cl2O5. The van der Waals surface area contributed by atoms with E-state index in [2.05, 4.69) is 4.74 Å². The number of esters is 2. The zero-order valence-electron chi connectivity index (χ0n) is 15.4. The summed E-state index contributed by atoms with van der Waals surface area (Å²) in [5, 5.41) is -1.36. The Balaban J connectivity index is 0.000000424. The van der Waals surface area contributed by atoms with Crippen LogP contribution in [-0.4, -0.2) is 22.4 Å². The van der Waals surface area contributed by atoms with Crippen LogP contribution in [0.5, 0.6) is 0 Å². The molecular weight excluding hydrogens is 391 g/mol. The van der Waals surface area contributed by atoms with Crippen LogP contribution in [0.15, 0.2) is 48.5 Å². The van der Waals surface area contributed by atoms with E-state index in [9.17, 15) is 19.2 Å². The zero-order chi connectivity index (χ0) is 21.0. The number of rotatable bonds is 2. The second kappa shape index (κ2) is 12.8. The third kappa shape index (κ3) is 6.96. The third-order valence-electron chi connectivity index (χ3n) is 2.90. The molecule has 0 unspecified atom stereocenters. The molecule has 2 aromatic carbocycles. The number of carbonyl (C=O) groups is 4. The average Bonchev–Trinajstić information content (AvgIpc) is 3.00. The zero-order valence-corrected chi connectivity index (χ0v) is 16.9. The third-order valence-corrected chi connectivity index (χ3v) is 3.31. The highest BCUT2D eigenvalue weighted by molar-refractivity contribution is 6.71. The number of carbonyl (C=O) groups excluding carboxylic acids is 4. The molecule has 0 radical (unpaired) electrons. The first-order valence-corrected chi connectivity index (χ1v) is 9.01. The molecule has 0 aliphatic carbocycles. The number of ether oxygens (including phenoxy) is 1. The fourth-order valence-electron chi connectivity index (χ4n) is 1.86. The number of benzene rings is 2. The summed E-state index contributed by atoms with van der Waals surface area (Å²) in [6.07, 6.45) is 0. The van der Waals surface area contributed by atoms with Gasteiger partial charge in [-0.2, -0.15) is 0 Å². The Morgan fingerprint density at radius 2 is 0.963 bits per heavy atom. The van der Waals surface area contributed by atoms with Gasteiger partial charge in [-0.15, -0.1) is 0 Å². The van der Waals surface area contributed by atoms with E-state index < -0.39 is 22.4 Å². The maximum absolute atomic E-state index is 10.8. The van der Waals surface area contributed by atoms with Gasteiger partial charge in [-0.05, 0) is 47.5 Å². The van der Waals surface area contributed by atoms with Gasteiger partial charge in [0.05, 0.1) is 11.1 Å². The van der Waals surface area contributed by atoms with Crippen molar-refractivity contribution in [2.24, 2.45) is 0 Å². The van der Waals surface area contributed by atoms with Crippen molar-refractivity contribution in [3.8, 4) is 0 Å². The summed E-state index contributed by atoms with van der Waals surface area (Å²) in [4.78, 5) is 43.1. The van der Waals surface area contributed by atoms with Gasteiger partial charge in [0, 0.05) is 11.1 Å². The largest absolute Gasteiger partial charge is 0.386 e. The summed E-state index contributed by atoms with van der Waals surface area (Å²) < 4.78 is 4.35. The number of hydrogen-bond acceptors (Lipinski definition) is 5. The van der Waals surface area contributed by atoms with Crippen molar-refractivity contribution >= 4 is 45.6 Å². The van der Waals surface area contributed by atoms with Crippen molar-refractivity contribution in [1.29, 1.82) is 0 Å². The molecule has 0 amide bonds. The van der Waals surface area contributed by atoms with Gasteiger partial charge < -0.3 is 4.74 Å². The first-order chi connectivity index (χ1) is 12.9. The molecule has 144 valence electrons. The highest BCUT2D eigenvalue weighted by atomic mass is 35.5. The van der Waals surface area contributed by atoms with Gasteiger partial charge in [-0.3, -0.25) is 9.59 Å². The predicted molar refractivity (Wildman–Crippen MR) is 106 cm³/mol. The Morgan fingerprint density at radius 3 is 1.26 bits per heavy atom. The monoisotopic (exact) mass is 410 g/mol. The molecule has 0 aromatic heterocycles. The van der Waals surface area contributed by atoms with E-state index >= 15 is 0 Å². The van der Waals surface area contributed by atoms with Gasteiger partial charge in [-0.1, -0.05) is 52.0 Å². The Kier molecular flexibility index (Phi) is 11.6. The summed E-state index contributed by atoms with van der Waals surface area (Å²) >= 11 is 10.4. The maximum atomic E-state index is 10.8. The quantitative estimate of drug-likeness (QED) is 0.371. The molecule has 27 heavy (non-hydrogen) atoms. The van der Waals surface area contributed by atoms with E-state index in [0.29, 0.717) is 11.1 Å². The molecule has 2 aromatic rings. The van der Waals surface area contributed by atoms with Crippen LogP contribution < -0.4 is 0 Å². The van der Waals surface area contributed by atoms with Crippen LogP contribution in [-0.2, 0) is 4.74 Å². The smallest absolute Gasteiger partial charge is 0.346 e. The Morgan fingerprint density at radius 1 is 0.667 bits per heavy atom. The maximum Gasteiger partial charge on any atom is 0.346 e. The van der Waals surface area contributed by atoms with E-state index in [4.69, 9.17) is 23.2 Å². The SMILES string of the molecule is CC.CC.O=C(Cl)c1ccccc1C(=O)Cl.O=C1OC(=O)c2ccccc21. The molecule has 1 heterocycles. The fraction of sp³-hybridized carbons (Fsp3) is 0.200. The lowest BCUT2D eigenvalue weighted by Crippen LogP contribution is -1.99. The van der Waals surface area contributed by atoms with Gasteiger partial charge >= 0.3 is 11.9 Å². The lowest BCUT2D eigenvalue weighted by Gasteiger charge is -1.98. The van der Waals surface area contributed by atoms with E-state index in [-0.39, 0.29) is 11.1 Å². The van der Waals surface area contributed by atoms with Crippen molar-refractivity contribution < 1.29 is 23.9 Å². The topological polar surface area (TPSA) is 77.5 Å². The second-order valence-electron chi connectivity index (χ2n) is 4.32. The van der Waals surface area contributed by atoms with E-state index in [1.165, 1.54) is 12.1 Å². The molecule has 0 atom stereocenters. The first kappa shape index (κ1) is 24.5. The van der Waals surface area contributed by atoms with Gasteiger partial charge in [0.15, 0.2) is 0 Å². The van der Waals surface area contributed by atoms with Crippen LogP contribution in [0.25, 0.3) is 0 Å². The molecule has 0 spiro atoms. The average molecular weight is 411 g/mol. The highest BCUT2D eigenvalue weighted by Gasteiger charge is 2.28. The number of halogens is 2. The van der Waals surface area contributed by atoms with Crippen LogP contribution in [0.4, 0.5) is 0 Å². The van der Waals surface area contributed by atoms with Crippen LogP contribution in [0.2, 0.25) is 0 Å². The van der Waals surface area contributed by atoms with Crippen LogP contribution in [0.1, 0.15) is 69.1 Å². The molecule has 0 saturated heterocycles. The molecule has 0 saturated carbocycles. The van der Waals surface area contributed by atoms with Gasteiger partial charge in [0.25, 0.3) is 10.5 Å². The molecule has 1 aliphatic rings. The summed E-state index contributed by atoms with van der Waals surface area (Å²) in [6.45, 7) is 8.00. The van der Waals surface area contributed by atoms with Crippen LogP contribution in [0, 0.1) is 0 Å². The van der Waals surface area contributed by atoms with Gasteiger partial charge in [0.1, 0.15) is 0 Å². The number of hydrogen-bond donors (Lipinski definition) is 0. The van der Waals surface area contributed by atoms with Crippen molar-refractivity contribution in [2.45, 2.75) is 27.7 Å². The Labute approximate surface area is 168 Å². The molecule has 3 rings (SSSR count). The minimum Gasteiger partial charge on any atom is -0.386 e. The standard InChI is InChI=1S/C8H4Cl2O2.C8H4O3.2C2H6/c9-7(11)5-3-1-2-4-6(5)8(10)12;9-7-5-3-1-2-4-6(5)8(10)11-7;2*1-2/h1-4H;1-4H;2*1-2H3. The van der Waals surface area contributed by atoms with Crippen molar-refractivity contribution in [3.05, 3.63) is 70.8 Å². The molecule has 0 bridgehead atoms. The van der Waals surface area contributed by atoms with E-state index in [1.807, 2.05) is 27.7 Å². The summed E-state index contributed by atoms with van der Waals surface area (Å²) in [7, 11) is 0. The lowest BCUT2D eigenvalue weighted by molar-refractivity contribution is 0.0443. The predicted octanol–water partition coefficient (Wildman–Crippen LogP) is 5.49. The molecule has 5 nitrogen and oxygen atoms in total. The summed E-state index contributed by atoms with van der Waals surface area (Å²) in [5.74, 6) is -1.10. The highest BCUT2D eigenvalue weighted by Crippen LogP contribution is 2.18. The Bertz CT molecular complexity index is 750. The Hall–Kier alpha value is -2.50. The molecule has 7 heteroatoms.